The van der Waals surface area contributed by atoms with Crippen LogP contribution in [0, 0.1) is 11.3 Å². The lowest BCUT2D eigenvalue weighted by Crippen LogP contribution is -2.57. The Morgan fingerprint density at radius 2 is 1.89 bits per heavy atom. The van der Waals surface area contributed by atoms with Crippen molar-refractivity contribution in [1.29, 1.82) is 5.26 Å². The minimum absolute atomic E-state index is 0.143. The van der Waals surface area contributed by atoms with Crippen molar-refractivity contribution in [3.05, 3.63) is 28.8 Å². The van der Waals surface area contributed by atoms with Gasteiger partial charge in [0, 0.05) is 19.1 Å². The van der Waals surface area contributed by atoms with Crippen molar-refractivity contribution in [3.8, 4) is 6.07 Å². The number of carbonyl (C=O) groups is 1. The molecule has 150 valence electrons. The molecule has 2 unspecified atom stereocenters. The molecule has 4 rings (SSSR count). The second kappa shape index (κ2) is 6.97. The maximum absolute atomic E-state index is 12.7. The van der Waals surface area contributed by atoms with Crippen molar-refractivity contribution >= 4 is 11.8 Å². The van der Waals surface area contributed by atoms with Gasteiger partial charge in [-0.25, -0.2) is 4.79 Å². The third-order valence-corrected chi connectivity index (χ3v) is 6.17. The van der Waals surface area contributed by atoms with Gasteiger partial charge in [0.05, 0.1) is 23.3 Å². The van der Waals surface area contributed by atoms with Crippen molar-refractivity contribution < 1.29 is 9.53 Å². The van der Waals surface area contributed by atoms with Crippen LogP contribution in [0.25, 0.3) is 0 Å². The van der Waals surface area contributed by atoms with Gasteiger partial charge in [0.2, 0.25) is 0 Å². The van der Waals surface area contributed by atoms with Gasteiger partial charge in [0.15, 0.2) is 0 Å². The van der Waals surface area contributed by atoms with Crippen LogP contribution in [-0.2, 0) is 17.6 Å². The maximum Gasteiger partial charge on any atom is 0.410 e. The van der Waals surface area contributed by atoms with E-state index < -0.39 is 5.60 Å². The quantitative estimate of drug-likeness (QED) is 0.807. The van der Waals surface area contributed by atoms with Gasteiger partial charge in [-0.1, -0.05) is 6.07 Å². The van der Waals surface area contributed by atoms with Crippen LogP contribution in [0.3, 0.4) is 0 Å². The summed E-state index contributed by atoms with van der Waals surface area (Å²) in [5.41, 5.74) is 9.83. The number of piperazine rings is 1. The minimum atomic E-state index is -0.485. The third kappa shape index (κ3) is 3.44. The van der Waals surface area contributed by atoms with Crippen LogP contribution in [-0.4, -0.2) is 47.8 Å². The number of amides is 1. The lowest BCUT2D eigenvalue weighted by molar-refractivity contribution is 0.0123. The first-order valence-corrected chi connectivity index (χ1v) is 10.3. The van der Waals surface area contributed by atoms with Crippen molar-refractivity contribution in [1.82, 2.24) is 4.90 Å². The topological polar surface area (TPSA) is 82.6 Å². The second-order valence-corrected chi connectivity index (χ2v) is 9.39. The zero-order chi connectivity index (χ0) is 20.1. The summed E-state index contributed by atoms with van der Waals surface area (Å²) < 4.78 is 5.63. The molecular formula is C22H30N4O2. The van der Waals surface area contributed by atoms with Gasteiger partial charge in [0.1, 0.15) is 11.7 Å². The molecule has 2 bridgehead atoms. The molecule has 2 saturated heterocycles. The lowest BCUT2D eigenvalue weighted by atomic mass is 9.85. The van der Waals surface area contributed by atoms with Gasteiger partial charge in [-0.05, 0) is 70.1 Å². The number of hydrogen-bond donors (Lipinski definition) is 1. The number of ether oxygens (including phenoxy) is 1. The van der Waals surface area contributed by atoms with E-state index in [0.717, 1.165) is 56.4 Å². The smallest absolute Gasteiger partial charge is 0.410 e. The van der Waals surface area contributed by atoms with Crippen LogP contribution in [0.4, 0.5) is 10.5 Å². The van der Waals surface area contributed by atoms with E-state index in [9.17, 15) is 10.1 Å². The molecule has 3 atom stereocenters. The Hall–Kier alpha value is -2.26. The van der Waals surface area contributed by atoms with Gasteiger partial charge in [-0.15, -0.1) is 0 Å². The van der Waals surface area contributed by atoms with E-state index in [1.807, 2.05) is 25.7 Å². The predicted octanol–water partition coefficient (Wildman–Crippen LogP) is 2.96. The van der Waals surface area contributed by atoms with Crippen LogP contribution in [0.2, 0.25) is 0 Å². The number of benzene rings is 1. The Bertz CT molecular complexity index is 809. The SMILES string of the molecule is CC(C)(C)OC(=O)N1C2CCC1CN(c1ccc3c(c1C#N)CC[C@@H](N)C3)C2. The van der Waals surface area contributed by atoms with Gasteiger partial charge < -0.3 is 15.4 Å². The van der Waals surface area contributed by atoms with Gasteiger partial charge in [-0.3, -0.25) is 4.90 Å². The summed E-state index contributed by atoms with van der Waals surface area (Å²) in [7, 11) is 0. The highest BCUT2D eigenvalue weighted by atomic mass is 16.6. The van der Waals surface area contributed by atoms with E-state index in [2.05, 4.69) is 23.1 Å². The molecule has 6 heteroatoms. The number of carbonyl (C=O) groups excluding carboxylic acids is 1. The number of fused-ring (bicyclic) bond motifs is 3. The molecule has 0 aromatic heterocycles. The average molecular weight is 383 g/mol. The van der Waals surface area contributed by atoms with Gasteiger partial charge in [0.25, 0.3) is 0 Å². The molecule has 0 radical (unpaired) electrons. The maximum atomic E-state index is 12.7. The number of hydrogen-bond acceptors (Lipinski definition) is 5. The van der Waals surface area contributed by atoms with Crippen molar-refractivity contribution in [2.24, 2.45) is 5.73 Å². The van der Waals surface area contributed by atoms with E-state index in [0.29, 0.717) is 0 Å². The Labute approximate surface area is 167 Å². The summed E-state index contributed by atoms with van der Waals surface area (Å²) in [6.45, 7) is 7.22. The first kappa shape index (κ1) is 19.1. The second-order valence-electron chi connectivity index (χ2n) is 9.39. The van der Waals surface area contributed by atoms with Crippen molar-refractivity contribution in [2.45, 2.75) is 76.6 Å². The summed E-state index contributed by atoms with van der Waals surface area (Å²) in [5, 5.41) is 9.89. The normalized spacial score (nSPS) is 26.6. The van der Waals surface area contributed by atoms with Crippen LogP contribution < -0.4 is 10.6 Å². The summed E-state index contributed by atoms with van der Waals surface area (Å²) in [6.07, 6.45) is 4.42. The Kier molecular flexibility index (Phi) is 4.75. The Morgan fingerprint density at radius 1 is 1.21 bits per heavy atom. The Morgan fingerprint density at radius 3 is 2.50 bits per heavy atom. The largest absolute Gasteiger partial charge is 0.444 e. The fourth-order valence-corrected chi connectivity index (χ4v) is 4.97. The van der Waals surface area contributed by atoms with Crippen LogP contribution >= 0.6 is 0 Å². The highest BCUT2D eigenvalue weighted by molar-refractivity contribution is 5.71. The summed E-state index contributed by atoms with van der Waals surface area (Å²) in [4.78, 5) is 16.9. The molecule has 0 saturated carbocycles. The first-order valence-electron chi connectivity index (χ1n) is 10.3. The van der Waals surface area contributed by atoms with E-state index >= 15 is 0 Å². The average Bonchev–Trinajstić information content (AvgIpc) is 2.89. The molecule has 1 amide bonds. The van der Waals surface area contributed by atoms with Crippen molar-refractivity contribution in [3.63, 3.8) is 0 Å². The predicted molar refractivity (Wildman–Crippen MR) is 108 cm³/mol. The third-order valence-electron chi connectivity index (χ3n) is 6.17. The monoisotopic (exact) mass is 382 g/mol. The van der Waals surface area contributed by atoms with Gasteiger partial charge in [-0.2, -0.15) is 5.26 Å². The zero-order valence-electron chi connectivity index (χ0n) is 17.1. The summed E-state index contributed by atoms with van der Waals surface area (Å²) >= 11 is 0. The van der Waals surface area contributed by atoms with Crippen LogP contribution in [0.5, 0.6) is 0 Å². The fraction of sp³-hybridized carbons (Fsp3) is 0.636. The molecule has 1 aromatic rings. The highest BCUT2D eigenvalue weighted by Crippen LogP contribution is 2.37. The fourth-order valence-electron chi connectivity index (χ4n) is 4.97. The molecule has 1 aliphatic carbocycles. The van der Waals surface area contributed by atoms with Gasteiger partial charge >= 0.3 is 6.09 Å². The lowest BCUT2D eigenvalue weighted by Gasteiger charge is -2.42. The summed E-state index contributed by atoms with van der Waals surface area (Å²) in [6, 6.07) is 7.17. The number of nitriles is 1. The van der Waals surface area contributed by atoms with Crippen LogP contribution in [0.15, 0.2) is 12.1 Å². The number of rotatable bonds is 1. The molecule has 6 nitrogen and oxygen atoms in total. The van der Waals surface area contributed by atoms with E-state index in [1.54, 1.807) is 0 Å². The molecule has 28 heavy (non-hydrogen) atoms. The zero-order valence-corrected chi connectivity index (χ0v) is 17.1. The number of nitrogens with two attached hydrogens (primary N) is 1. The highest BCUT2D eigenvalue weighted by Gasteiger charge is 2.44. The molecule has 2 N–H and O–H groups in total. The molecule has 0 spiro atoms. The van der Waals surface area contributed by atoms with Crippen molar-refractivity contribution in [2.75, 3.05) is 18.0 Å². The molecule has 3 aliphatic rings. The van der Waals surface area contributed by atoms with Crippen LogP contribution in [0.1, 0.15) is 56.7 Å². The number of anilines is 1. The van der Waals surface area contributed by atoms with E-state index in [4.69, 9.17) is 10.5 Å². The molecule has 2 fully saturated rings. The Balaban J connectivity index is 1.57. The molecular weight excluding hydrogens is 352 g/mol. The number of nitrogens with zero attached hydrogens (tertiary/aromatic N) is 3. The first-order chi connectivity index (χ1) is 13.3. The molecule has 1 aromatic carbocycles. The molecule has 2 aliphatic heterocycles. The standard InChI is InChI=1S/C22H30N4O2/c1-22(2,3)28-21(27)26-16-6-7-17(26)13-25(12-16)20-9-4-14-10-15(24)5-8-18(14)19(20)11-23/h4,9,15-17H,5-8,10,12-13,24H2,1-3H3/t15-,16?,17?/m1/s1. The van der Waals surface area contributed by atoms with E-state index in [1.165, 1.54) is 11.1 Å². The summed E-state index contributed by atoms with van der Waals surface area (Å²) in [5.74, 6) is 0. The minimum Gasteiger partial charge on any atom is -0.444 e. The molecule has 2 heterocycles. The van der Waals surface area contributed by atoms with E-state index in [-0.39, 0.29) is 24.2 Å².